The zero-order chi connectivity index (χ0) is 20.2. The van der Waals surface area contributed by atoms with Crippen LogP contribution in [-0.2, 0) is 13.6 Å². The predicted molar refractivity (Wildman–Crippen MR) is 104 cm³/mol. The van der Waals surface area contributed by atoms with Crippen LogP contribution in [0.1, 0.15) is 10.5 Å². The molecular formula is C19H18N8O2. The molecule has 1 aromatic carbocycles. The second-order valence-corrected chi connectivity index (χ2v) is 6.21. The molecule has 0 aliphatic carbocycles. The Labute approximate surface area is 165 Å². The van der Waals surface area contributed by atoms with Crippen molar-refractivity contribution >= 4 is 5.91 Å². The van der Waals surface area contributed by atoms with Gasteiger partial charge in [-0.05, 0) is 24.3 Å². The molecular weight excluding hydrogens is 372 g/mol. The topological polar surface area (TPSA) is 113 Å². The van der Waals surface area contributed by atoms with Gasteiger partial charge in [-0.15, -0.1) is 10.2 Å². The molecule has 4 aromatic rings. The lowest BCUT2D eigenvalue weighted by Gasteiger charge is -2.02. The van der Waals surface area contributed by atoms with Crippen LogP contribution in [0, 0.1) is 0 Å². The quantitative estimate of drug-likeness (QED) is 0.517. The highest BCUT2D eigenvalue weighted by Gasteiger charge is 2.14. The highest BCUT2D eigenvalue weighted by atomic mass is 16.2. The van der Waals surface area contributed by atoms with Crippen molar-refractivity contribution in [3.8, 4) is 17.2 Å². The highest BCUT2D eigenvalue weighted by Crippen LogP contribution is 2.10. The normalized spacial score (nSPS) is 10.8. The summed E-state index contributed by atoms with van der Waals surface area (Å²) in [6, 6.07) is 14.7. The molecule has 0 saturated carbocycles. The fourth-order valence-electron chi connectivity index (χ4n) is 2.77. The van der Waals surface area contributed by atoms with Crippen LogP contribution in [0.25, 0.3) is 17.2 Å². The minimum atomic E-state index is -0.374. The van der Waals surface area contributed by atoms with Crippen LogP contribution in [0.5, 0.6) is 0 Å². The number of hydrogen-bond donors (Lipinski definition) is 1. The van der Waals surface area contributed by atoms with Gasteiger partial charge in [0.25, 0.3) is 5.91 Å². The van der Waals surface area contributed by atoms with Gasteiger partial charge in [0.05, 0.1) is 18.4 Å². The van der Waals surface area contributed by atoms with E-state index >= 15 is 0 Å². The number of carbonyl (C=O) groups is 1. The lowest BCUT2D eigenvalue weighted by Crippen LogP contribution is -2.32. The van der Waals surface area contributed by atoms with E-state index in [1.165, 1.54) is 20.2 Å². The molecule has 0 atom stereocenters. The van der Waals surface area contributed by atoms with E-state index in [-0.39, 0.29) is 30.4 Å². The zero-order valence-electron chi connectivity index (χ0n) is 15.6. The summed E-state index contributed by atoms with van der Waals surface area (Å²) in [6.07, 6.45) is 3.04. The maximum atomic E-state index is 12.4. The molecule has 0 spiro atoms. The highest BCUT2D eigenvalue weighted by molar-refractivity contribution is 5.91. The van der Waals surface area contributed by atoms with E-state index in [1.807, 2.05) is 36.4 Å². The summed E-state index contributed by atoms with van der Waals surface area (Å²) in [4.78, 5) is 30.3. The maximum Gasteiger partial charge on any atom is 0.346 e. The third-order valence-electron chi connectivity index (χ3n) is 4.26. The van der Waals surface area contributed by atoms with Gasteiger partial charge in [-0.25, -0.2) is 9.48 Å². The zero-order valence-corrected chi connectivity index (χ0v) is 15.6. The van der Waals surface area contributed by atoms with Crippen molar-refractivity contribution in [3.63, 3.8) is 0 Å². The van der Waals surface area contributed by atoms with Gasteiger partial charge in [0.1, 0.15) is 5.69 Å². The van der Waals surface area contributed by atoms with Gasteiger partial charge in [-0.2, -0.15) is 9.90 Å². The molecule has 3 heterocycles. The summed E-state index contributed by atoms with van der Waals surface area (Å²) >= 11 is 0. The number of carbonyl (C=O) groups excluding carboxylic acids is 1. The van der Waals surface area contributed by atoms with Crippen molar-refractivity contribution in [2.45, 2.75) is 6.54 Å². The summed E-state index contributed by atoms with van der Waals surface area (Å²) in [5.74, 6) is 0.0915. The summed E-state index contributed by atoms with van der Waals surface area (Å²) in [5, 5.41) is 15.3. The van der Waals surface area contributed by atoms with E-state index in [0.717, 1.165) is 5.69 Å². The molecule has 1 amide bonds. The lowest BCUT2D eigenvalue weighted by atomic mass is 10.3. The van der Waals surface area contributed by atoms with Gasteiger partial charge in [-0.3, -0.25) is 14.3 Å². The first kappa shape index (κ1) is 18.3. The molecule has 0 saturated heterocycles. The number of benzene rings is 1. The number of nitrogens with one attached hydrogen (secondary N) is 1. The summed E-state index contributed by atoms with van der Waals surface area (Å²) in [6.45, 7) is 0.438. The van der Waals surface area contributed by atoms with Crippen LogP contribution >= 0.6 is 0 Å². The van der Waals surface area contributed by atoms with E-state index in [4.69, 9.17) is 0 Å². The van der Waals surface area contributed by atoms with Crippen LogP contribution in [0.3, 0.4) is 0 Å². The third kappa shape index (κ3) is 3.81. The molecule has 10 heteroatoms. The second kappa shape index (κ2) is 7.89. The standard InChI is InChI=1S/C19H18N8O2/c1-25-17(15-9-5-6-10-20-15)24-26(19(25)29)12-11-21-18(28)16-13-22-27(23-16)14-7-3-2-4-8-14/h2-10,13H,11-12H2,1H3,(H,21,28). The Morgan fingerprint density at radius 3 is 2.62 bits per heavy atom. The predicted octanol–water partition coefficient (Wildman–Crippen LogP) is 0.654. The first-order valence-corrected chi connectivity index (χ1v) is 8.94. The Morgan fingerprint density at radius 2 is 1.86 bits per heavy atom. The summed E-state index contributed by atoms with van der Waals surface area (Å²) in [5.41, 5.74) is 1.27. The Morgan fingerprint density at radius 1 is 1.07 bits per heavy atom. The van der Waals surface area contributed by atoms with Crippen molar-refractivity contribution in [3.05, 3.63) is 77.1 Å². The van der Waals surface area contributed by atoms with Crippen molar-refractivity contribution in [2.75, 3.05) is 6.54 Å². The Kier molecular flexibility index (Phi) is 4.97. The molecule has 0 aliphatic heterocycles. The van der Waals surface area contributed by atoms with Gasteiger partial charge in [0, 0.05) is 19.8 Å². The van der Waals surface area contributed by atoms with Crippen LogP contribution in [0.4, 0.5) is 0 Å². The van der Waals surface area contributed by atoms with Crippen LogP contribution in [-0.4, -0.2) is 46.8 Å². The molecule has 0 radical (unpaired) electrons. The van der Waals surface area contributed by atoms with Gasteiger partial charge in [0.2, 0.25) is 0 Å². The van der Waals surface area contributed by atoms with E-state index < -0.39 is 0 Å². The first-order chi connectivity index (χ1) is 14.1. The molecule has 3 aromatic heterocycles. The molecule has 10 nitrogen and oxygen atoms in total. The fraction of sp³-hybridized carbons (Fsp3) is 0.158. The van der Waals surface area contributed by atoms with Crippen molar-refractivity contribution in [2.24, 2.45) is 7.05 Å². The first-order valence-electron chi connectivity index (χ1n) is 8.94. The fourth-order valence-corrected chi connectivity index (χ4v) is 2.77. The summed E-state index contributed by atoms with van der Waals surface area (Å²) < 4.78 is 2.72. The number of nitrogens with zero attached hydrogens (tertiary/aromatic N) is 7. The van der Waals surface area contributed by atoms with E-state index in [1.54, 1.807) is 25.4 Å². The van der Waals surface area contributed by atoms with Crippen LogP contribution in [0.2, 0.25) is 0 Å². The average molecular weight is 390 g/mol. The van der Waals surface area contributed by atoms with Crippen molar-refractivity contribution in [1.82, 2.24) is 39.6 Å². The van der Waals surface area contributed by atoms with Crippen molar-refractivity contribution in [1.29, 1.82) is 0 Å². The Bertz CT molecular complexity index is 1180. The Balaban J connectivity index is 1.40. The van der Waals surface area contributed by atoms with E-state index in [0.29, 0.717) is 11.5 Å². The molecule has 1 N–H and O–H groups in total. The van der Waals surface area contributed by atoms with Gasteiger partial charge < -0.3 is 5.32 Å². The molecule has 0 fully saturated rings. The van der Waals surface area contributed by atoms with Gasteiger partial charge >= 0.3 is 5.69 Å². The molecule has 0 aliphatic rings. The number of amides is 1. The molecule has 29 heavy (non-hydrogen) atoms. The monoisotopic (exact) mass is 390 g/mol. The molecule has 146 valence electrons. The number of hydrogen-bond acceptors (Lipinski definition) is 6. The minimum absolute atomic E-state index is 0.191. The number of pyridine rings is 1. The number of aromatic nitrogens is 7. The van der Waals surface area contributed by atoms with Gasteiger partial charge in [-0.1, -0.05) is 24.3 Å². The largest absolute Gasteiger partial charge is 0.349 e. The molecule has 0 unspecified atom stereocenters. The third-order valence-corrected chi connectivity index (χ3v) is 4.26. The van der Waals surface area contributed by atoms with Gasteiger partial charge in [0.15, 0.2) is 11.5 Å². The number of rotatable bonds is 6. The number of para-hydroxylation sites is 1. The molecule has 4 rings (SSSR count). The van der Waals surface area contributed by atoms with E-state index in [2.05, 4.69) is 25.6 Å². The minimum Gasteiger partial charge on any atom is -0.349 e. The average Bonchev–Trinajstić information content (AvgIpc) is 3.36. The van der Waals surface area contributed by atoms with Crippen LogP contribution in [0.15, 0.2) is 65.7 Å². The van der Waals surface area contributed by atoms with Crippen LogP contribution < -0.4 is 11.0 Å². The van der Waals surface area contributed by atoms with E-state index in [9.17, 15) is 9.59 Å². The summed E-state index contributed by atoms with van der Waals surface area (Å²) in [7, 11) is 1.64. The van der Waals surface area contributed by atoms with Crippen molar-refractivity contribution < 1.29 is 4.79 Å². The smallest absolute Gasteiger partial charge is 0.346 e. The lowest BCUT2D eigenvalue weighted by molar-refractivity contribution is 0.0946. The Hall–Kier alpha value is -4.08. The maximum absolute atomic E-state index is 12.4. The SMILES string of the molecule is Cn1c(-c2ccccn2)nn(CCNC(=O)c2cnn(-c3ccccc3)n2)c1=O. The molecule has 0 bridgehead atoms. The second-order valence-electron chi connectivity index (χ2n) is 6.21.